The van der Waals surface area contributed by atoms with Gasteiger partial charge in [-0.25, -0.2) is 4.83 Å². The molecular formula is C19H24N2O4S. The van der Waals surface area contributed by atoms with E-state index in [1.807, 2.05) is 25.1 Å². The summed E-state index contributed by atoms with van der Waals surface area (Å²) in [6.07, 6.45) is 1.44. The van der Waals surface area contributed by atoms with Gasteiger partial charge in [-0.1, -0.05) is 26.0 Å². The quantitative estimate of drug-likeness (QED) is 0.537. The zero-order chi connectivity index (χ0) is 19.0. The molecule has 7 heteroatoms. The van der Waals surface area contributed by atoms with E-state index in [0.717, 1.165) is 11.3 Å². The minimum Gasteiger partial charge on any atom is -0.494 e. The summed E-state index contributed by atoms with van der Waals surface area (Å²) < 4.78 is 35.4. The Balaban J connectivity index is 2.01. The van der Waals surface area contributed by atoms with Crippen LogP contribution in [0.5, 0.6) is 11.5 Å². The lowest BCUT2D eigenvalue weighted by Gasteiger charge is -2.08. The molecular weight excluding hydrogens is 352 g/mol. The Labute approximate surface area is 154 Å². The predicted octanol–water partition coefficient (Wildman–Crippen LogP) is 3.43. The van der Waals surface area contributed by atoms with Gasteiger partial charge in [-0.05, 0) is 54.8 Å². The molecule has 0 aliphatic heterocycles. The van der Waals surface area contributed by atoms with Crippen LogP contribution in [0.15, 0.2) is 58.5 Å². The Morgan fingerprint density at radius 3 is 2.46 bits per heavy atom. The molecule has 0 amide bonds. The average Bonchev–Trinajstić information content (AvgIpc) is 2.61. The average molecular weight is 376 g/mol. The van der Waals surface area contributed by atoms with Crippen LogP contribution in [0.1, 0.15) is 26.3 Å². The first kappa shape index (κ1) is 19.8. The number of nitrogens with one attached hydrogen (secondary N) is 1. The van der Waals surface area contributed by atoms with E-state index >= 15 is 0 Å². The number of sulfonamides is 1. The fraction of sp³-hybridized carbons (Fsp3) is 0.316. The van der Waals surface area contributed by atoms with Crippen molar-refractivity contribution in [2.45, 2.75) is 25.7 Å². The summed E-state index contributed by atoms with van der Waals surface area (Å²) in [5.74, 6) is 1.76. The topological polar surface area (TPSA) is 77.0 Å². The van der Waals surface area contributed by atoms with E-state index in [2.05, 4.69) is 23.8 Å². The van der Waals surface area contributed by atoms with Gasteiger partial charge in [-0.2, -0.15) is 13.5 Å². The number of hydrazone groups is 1. The monoisotopic (exact) mass is 376 g/mol. The van der Waals surface area contributed by atoms with Crippen molar-refractivity contribution in [3.05, 3.63) is 54.1 Å². The van der Waals surface area contributed by atoms with Crippen LogP contribution in [0.25, 0.3) is 0 Å². The summed E-state index contributed by atoms with van der Waals surface area (Å²) in [4.78, 5) is 2.32. The van der Waals surface area contributed by atoms with Crippen molar-refractivity contribution in [3.8, 4) is 11.5 Å². The van der Waals surface area contributed by atoms with E-state index in [9.17, 15) is 8.42 Å². The summed E-state index contributed by atoms with van der Waals surface area (Å²) in [5.41, 5.74) is 0.737. The van der Waals surface area contributed by atoms with Crippen LogP contribution in [0, 0.1) is 5.92 Å². The lowest BCUT2D eigenvalue weighted by molar-refractivity contribution is 0.271. The predicted molar refractivity (Wildman–Crippen MR) is 102 cm³/mol. The third-order valence-electron chi connectivity index (χ3n) is 3.27. The van der Waals surface area contributed by atoms with Gasteiger partial charge in [0.15, 0.2) is 0 Å². The third kappa shape index (κ3) is 6.07. The second-order valence-corrected chi connectivity index (χ2v) is 7.70. The summed E-state index contributed by atoms with van der Waals surface area (Å²) in [5, 5.41) is 3.84. The summed E-state index contributed by atoms with van der Waals surface area (Å²) in [6.45, 7) is 7.14. The van der Waals surface area contributed by atoms with Crippen molar-refractivity contribution in [1.82, 2.24) is 4.83 Å². The van der Waals surface area contributed by atoms with E-state index in [0.29, 0.717) is 24.9 Å². The SMILES string of the molecule is CCOc1ccc(S(=O)(=O)N/N=C/c2cccc(OCC(C)C)c2)cc1. The Kier molecular flexibility index (Phi) is 7.03. The molecule has 6 nitrogen and oxygen atoms in total. The van der Waals surface area contributed by atoms with Crippen LogP contribution in [-0.4, -0.2) is 27.8 Å². The molecule has 1 N–H and O–H groups in total. The summed E-state index contributed by atoms with van der Waals surface area (Å²) in [6, 6.07) is 13.5. The van der Waals surface area contributed by atoms with E-state index in [1.54, 1.807) is 18.2 Å². The zero-order valence-corrected chi connectivity index (χ0v) is 16.0. The molecule has 140 valence electrons. The Bertz CT molecular complexity index is 831. The van der Waals surface area contributed by atoms with E-state index in [-0.39, 0.29) is 4.90 Å². The molecule has 0 aliphatic rings. The van der Waals surface area contributed by atoms with Crippen LogP contribution in [-0.2, 0) is 10.0 Å². The highest BCUT2D eigenvalue weighted by atomic mass is 32.2. The van der Waals surface area contributed by atoms with Gasteiger partial charge in [-0.15, -0.1) is 0 Å². The van der Waals surface area contributed by atoms with Gasteiger partial charge >= 0.3 is 0 Å². The van der Waals surface area contributed by atoms with Crippen LogP contribution in [0.3, 0.4) is 0 Å². The van der Waals surface area contributed by atoms with Crippen molar-refractivity contribution in [2.75, 3.05) is 13.2 Å². The number of hydrogen-bond donors (Lipinski definition) is 1. The van der Waals surface area contributed by atoms with Crippen LogP contribution < -0.4 is 14.3 Å². The zero-order valence-electron chi connectivity index (χ0n) is 15.2. The minimum atomic E-state index is -3.73. The highest BCUT2D eigenvalue weighted by molar-refractivity contribution is 7.89. The number of nitrogens with zero attached hydrogens (tertiary/aromatic N) is 1. The number of ether oxygens (including phenoxy) is 2. The molecule has 2 aromatic rings. The molecule has 0 bridgehead atoms. The summed E-state index contributed by atoms with van der Waals surface area (Å²) >= 11 is 0. The fourth-order valence-electron chi connectivity index (χ4n) is 2.05. The second kappa shape index (κ2) is 9.24. The van der Waals surface area contributed by atoms with Gasteiger partial charge in [0.1, 0.15) is 11.5 Å². The van der Waals surface area contributed by atoms with Gasteiger partial charge in [0, 0.05) is 0 Å². The molecule has 0 spiro atoms. The van der Waals surface area contributed by atoms with Crippen LogP contribution in [0.4, 0.5) is 0 Å². The fourth-order valence-corrected chi connectivity index (χ4v) is 2.84. The maximum Gasteiger partial charge on any atom is 0.276 e. The number of benzene rings is 2. The molecule has 0 aromatic heterocycles. The lowest BCUT2D eigenvalue weighted by Crippen LogP contribution is -2.18. The largest absolute Gasteiger partial charge is 0.494 e. The molecule has 26 heavy (non-hydrogen) atoms. The van der Waals surface area contributed by atoms with Crippen molar-refractivity contribution in [1.29, 1.82) is 0 Å². The first-order valence-corrected chi connectivity index (χ1v) is 9.89. The molecule has 0 fully saturated rings. The summed E-state index contributed by atoms with van der Waals surface area (Å²) in [7, 11) is -3.73. The molecule has 2 rings (SSSR count). The maximum absolute atomic E-state index is 12.2. The second-order valence-electron chi connectivity index (χ2n) is 6.03. The van der Waals surface area contributed by atoms with Crippen molar-refractivity contribution < 1.29 is 17.9 Å². The molecule has 2 aromatic carbocycles. The van der Waals surface area contributed by atoms with Crippen LogP contribution in [0.2, 0.25) is 0 Å². The third-order valence-corrected chi connectivity index (χ3v) is 4.51. The molecule has 0 atom stereocenters. The lowest BCUT2D eigenvalue weighted by atomic mass is 10.2. The number of hydrogen-bond acceptors (Lipinski definition) is 5. The smallest absolute Gasteiger partial charge is 0.276 e. The Morgan fingerprint density at radius 2 is 1.81 bits per heavy atom. The normalized spacial score (nSPS) is 11.7. The van der Waals surface area contributed by atoms with Crippen LogP contribution >= 0.6 is 0 Å². The molecule has 0 saturated carbocycles. The molecule has 0 radical (unpaired) electrons. The van der Waals surface area contributed by atoms with E-state index < -0.39 is 10.0 Å². The Hall–Kier alpha value is -2.54. The van der Waals surface area contributed by atoms with Gasteiger partial charge in [-0.3, -0.25) is 0 Å². The van der Waals surface area contributed by atoms with Gasteiger partial charge in [0.25, 0.3) is 10.0 Å². The van der Waals surface area contributed by atoms with Crippen molar-refractivity contribution in [2.24, 2.45) is 11.0 Å². The Morgan fingerprint density at radius 1 is 1.08 bits per heavy atom. The standard InChI is InChI=1S/C19H24N2O4S/c1-4-24-17-8-10-19(11-9-17)26(22,23)21-20-13-16-6-5-7-18(12-16)25-14-15(2)3/h5-13,15,21H,4,14H2,1-3H3/b20-13+. The number of rotatable bonds is 9. The molecule has 0 heterocycles. The molecule has 0 saturated heterocycles. The molecule has 0 aliphatic carbocycles. The van der Waals surface area contributed by atoms with Crippen molar-refractivity contribution >= 4 is 16.2 Å². The van der Waals surface area contributed by atoms with Gasteiger partial charge in [0.05, 0.1) is 24.3 Å². The highest BCUT2D eigenvalue weighted by Gasteiger charge is 2.12. The van der Waals surface area contributed by atoms with Crippen molar-refractivity contribution in [3.63, 3.8) is 0 Å². The minimum absolute atomic E-state index is 0.118. The van der Waals surface area contributed by atoms with E-state index in [4.69, 9.17) is 9.47 Å². The molecule has 0 unspecified atom stereocenters. The first-order valence-electron chi connectivity index (χ1n) is 8.41. The maximum atomic E-state index is 12.2. The van der Waals surface area contributed by atoms with Gasteiger partial charge in [0.2, 0.25) is 0 Å². The first-order chi connectivity index (χ1) is 12.4. The van der Waals surface area contributed by atoms with Gasteiger partial charge < -0.3 is 9.47 Å². The highest BCUT2D eigenvalue weighted by Crippen LogP contribution is 2.16. The van der Waals surface area contributed by atoms with E-state index in [1.165, 1.54) is 18.3 Å².